The van der Waals surface area contributed by atoms with E-state index in [9.17, 15) is 9.59 Å². The van der Waals surface area contributed by atoms with Crippen molar-refractivity contribution in [1.82, 2.24) is 10.2 Å². The van der Waals surface area contributed by atoms with Gasteiger partial charge >= 0.3 is 0 Å². The second-order valence-electron chi connectivity index (χ2n) is 7.69. The third kappa shape index (κ3) is 6.11. The lowest BCUT2D eigenvalue weighted by atomic mass is 9.97. The van der Waals surface area contributed by atoms with Crippen molar-refractivity contribution in [3.05, 3.63) is 41.5 Å². The number of allylic oxidation sites excluding steroid dienone is 1. The second-order valence-corrected chi connectivity index (χ2v) is 7.69. The highest BCUT2D eigenvalue weighted by Crippen LogP contribution is 2.21. The van der Waals surface area contributed by atoms with E-state index in [1.165, 1.54) is 31.3 Å². The maximum absolute atomic E-state index is 12.6. The molecule has 28 heavy (non-hydrogen) atoms. The largest absolute Gasteiger partial charge is 0.483 e. The van der Waals surface area contributed by atoms with Crippen molar-refractivity contribution in [2.24, 2.45) is 0 Å². The van der Waals surface area contributed by atoms with Gasteiger partial charge < -0.3 is 15.0 Å². The van der Waals surface area contributed by atoms with E-state index in [2.05, 4.69) is 11.4 Å². The number of amides is 2. The summed E-state index contributed by atoms with van der Waals surface area (Å²) in [6.45, 7) is 2.23. The van der Waals surface area contributed by atoms with Crippen LogP contribution in [0.4, 0.5) is 0 Å². The van der Waals surface area contributed by atoms with E-state index in [-0.39, 0.29) is 18.4 Å². The van der Waals surface area contributed by atoms with Crippen LogP contribution in [0.5, 0.6) is 5.75 Å². The molecule has 0 radical (unpaired) electrons. The fourth-order valence-corrected chi connectivity index (χ4v) is 3.89. The lowest BCUT2D eigenvalue weighted by Crippen LogP contribution is -2.35. The number of rotatable bonds is 7. The summed E-state index contributed by atoms with van der Waals surface area (Å²) in [7, 11) is 0. The number of ether oxygens (including phenoxy) is 1. The van der Waals surface area contributed by atoms with Crippen molar-refractivity contribution in [2.75, 3.05) is 26.2 Å². The van der Waals surface area contributed by atoms with E-state index in [4.69, 9.17) is 4.74 Å². The smallest absolute Gasteiger partial charge is 0.260 e. The van der Waals surface area contributed by atoms with E-state index < -0.39 is 0 Å². The molecule has 1 aromatic carbocycles. The lowest BCUT2D eigenvalue weighted by molar-refractivity contribution is -0.133. The van der Waals surface area contributed by atoms with Crippen LogP contribution < -0.4 is 10.1 Å². The number of hydrogen-bond acceptors (Lipinski definition) is 3. The fraction of sp³-hybridized carbons (Fsp3) is 0.565. The quantitative estimate of drug-likeness (QED) is 0.721. The zero-order valence-corrected chi connectivity index (χ0v) is 16.8. The van der Waals surface area contributed by atoms with Gasteiger partial charge in [-0.3, -0.25) is 9.59 Å². The number of benzene rings is 1. The Morgan fingerprint density at radius 3 is 2.54 bits per heavy atom. The van der Waals surface area contributed by atoms with Gasteiger partial charge in [0.1, 0.15) is 5.75 Å². The molecule has 1 aliphatic heterocycles. The first-order valence-corrected chi connectivity index (χ1v) is 10.7. The monoisotopic (exact) mass is 384 g/mol. The van der Waals surface area contributed by atoms with Gasteiger partial charge in [-0.25, -0.2) is 0 Å². The molecule has 2 amide bonds. The summed E-state index contributed by atoms with van der Waals surface area (Å²) in [6, 6.07) is 7.16. The van der Waals surface area contributed by atoms with Gasteiger partial charge in [0, 0.05) is 19.6 Å². The normalized spacial score (nSPS) is 17.4. The Labute approximate surface area is 168 Å². The average Bonchev–Trinajstić information content (AvgIpc) is 3.02. The fourth-order valence-electron chi connectivity index (χ4n) is 3.89. The van der Waals surface area contributed by atoms with Crippen molar-refractivity contribution in [2.45, 2.75) is 57.8 Å². The molecule has 2 aliphatic rings. The minimum Gasteiger partial charge on any atom is -0.483 e. The van der Waals surface area contributed by atoms with E-state index in [0.29, 0.717) is 17.9 Å². The number of carbonyl (C=O) groups excluding carboxylic acids is 2. The number of nitrogens with one attached hydrogen (secondary N) is 1. The van der Waals surface area contributed by atoms with Crippen molar-refractivity contribution < 1.29 is 14.3 Å². The predicted molar refractivity (Wildman–Crippen MR) is 110 cm³/mol. The topological polar surface area (TPSA) is 58.6 Å². The van der Waals surface area contributed by atoms with E-state index >= 15 is 0 Å². The predicted octanol–water partition coefficient (Wildman–Crippen LogP) is 4.09. The first kappa shape index (κ1) is 20.4. The maximum atomic E-state index is 12.6. The first-order valence-electron chi connectivity index (χ1n) is 10.7. The molecule has 0 bridgehead atoms. The van der Waals surface area contributed by atoms with Crippen LogP contribution in [0, 0.1) is 0 Å². The highest BCUT2D eigenvalue weighted by molar-refractivity contribution is 5.97. The summed E-state index contributed by atoms with van der Waals surface area (Å²) in [5, 5.41) is 2.99. The van der Waals surface area contributed by atoms with Crippen molar-refractivity contribution in [3.8, 4) is 5.75 Å². The van der Waals surface area contributed by atoms with Crippen LogP contribution in [0.1, 0.15) is 68.1 Å². The molecular weight excluding hydrogens is 352 g/mol. The zero-order valence-electron chi connectivity index (χ0n) is 16.8. The van der Waals surface area contributed by atoms with Gasteiger partial charge in [0.15, 0.2) is 6.61 Å². The van der Waals surface area contributed by atoms with Crippen molar-refractivity contribution in [3.63, 3.8) is 0 Å². The number of likely N-dealkylation sites (tertiary alicyclic amines) is 1. The molecule has 0 spiro atoms. The van der Waals surface area contributed by atoms with Crippen molar-refractivity contribution in [1.29, 1.82) is 0 Å². The van der Waals surface area contributed by atoms with Crippen LogP contribution in [0.2, 0.25) is 0 Å². The molecule has 5 heteroatoms. The highest BCUT2D eigenvalue weighted by atomic mass is 16.5. The third-order valence-electron chi connectivity index (χ3n) is 5.56. The summed E-state index contributed by atoms with van der Waals surface area (Å²) in [6.07, 6.45) is 12.5. The maximum Gasteiger partial charge on any atom is 0.260 e. The Hall–Kier alpha value is -2.30. The summed E-state index contributed by atoms with van der Waals surface area (Å²) < 4.78 is 5.75. The molecule has 1 fully saturated rings. The molecule has 152 valence electrons. The molecule has 0 saturated carbocycles. The number of hydrogen-bond donors (Lipinski definition) is 1. The molecular formula is C23H32N2O3. The average molecular weight is 385 g/mol. The molecule has 0 aromatic heterocycles. The Kier molecular flexibility index (Phi) is 7.94. The molecule has 3 rings (SSSR count). The van der Waals surface area contributed by atoms with Gasteiger partial charge in [-0.15, -0.1) is 0 Å². The van der Waals surface area contributed by atoms with Gasteiger partial charge in [-0.1, -0.05) is 36.6 Å². The zero-order chi connectivity index (χ0) is 19.6. The summed E-state index contributed by atoms with van der Waals surface area (Å²) >= 11 is 0. The molecule has 1 N–H and O–H groups in total. The number of para-hydroxylation sites is 1. The first-order chi connectivity index (χ1) is 13.7. The molecule has 0 unspecified atom stereocenters. The molecule has 1 saturated heterocycles. The standard InChI is InChI=1S/C23H32N2O3/c26-22(25-16-8-1-2-9-17-25)18-28-21-13-7-6-12-20(21)23(27)24-15-14-19-10-4-3-5-11-19/h6-7,10,12-13H,1-5,8-9,11,14-18H2,(H,24,27). The van der Waals surface area contributed by atoms with Crippen molar-refractivity contribution >= 4 is 11.8 Å². The van der Waals surface area contributed by atoms with Crippen LogP contribution in [0.3, 0.4) is 0 Å². The van der Waals surface area contributed by atoms with Crippen LogP contribution in [0.25, 0.3) is 0 Å². The lowest BCUT2D eigenvalue weighted by Gasteiger charge is -2.20. The van der Waals surface area contributed by atoms with Gasteiger partial charge in [0.05, 0.1) is 5.56 Å². The SMILES string of the molecule is O=C(NCCC1=CCCCC1)c1ccccc1OCC(=O)N1CCCCCC1. The van der Waals surface area contributed by atoms with Crippen LogP contribution in [0.15, 0.2) is 35.9 Å². The van der Waals surface area contributed by atoms with Gasteiger partial charge in [0.25, 0.3) is 11.8 Å². The second kappa shape index (κ2) is 10.9. The van der Waals surface area contributed by atoms with Crippen LogP contribution in [-0.4, -0.2) is 43.0 Å². The Morgan fingerprint density at radius 2 is 1.79 bits per heavy atom. The van der Waals surface area contributed by atoms with E-state index in [1.54, 1.807) is 12.1 Å². The number of carbonyl (C=O) groups is 2. The Morgan fingerprint density at radius 1 is 1.00 bits per heavy atom. The van der Waals surface area contributed by atoms with Crippen LogP contribution >= 0.6 is 0 Å². The number of nitrogens with zero attached hydrogens (tertiary/aromatic N) is 1. The van der Waals surface area contributed by atoms with Gasteiger partial charge in [0.2, 0.25) is 0 Å². The minimum absolute atomic E-state index is 0.00125. The Bertz CT molecular complexity index is 691. The van der Waals surface area contributed by atoms with Gasteiger partial charge in [-0.2, -0.15) is 0 Å². The molecule has 1 aromatic rings. The molecule has 1 aliphatic carbocycles. The summed E-state index contributed by atoms with van der Waals surface area (Å²) in [5.74, 6) is 0.329. The summed E-state index contributed by atoms with van der Waals surface area (Å²) in [5.41, 5.74) is 1.93. The summed E-state index contributed by atoms with van der Waals surface area (Å²) in [4.78, 5) is 26.9. The molecule has 5 nitrogen and oxygen atoms in total. The highest BCUT2D eigenvalue weighted by Gasteiger charge is 2.18. The minimum atomic E-state index is -0.144. The third-order valence-corrected chi connectivity index (χ3v) is 5.56. The van der Waals surface area contributed by atoms with Crippen LogP contribution in [-0.2, 0) is 4.79 Å². The van der Waals surface area contributed by atoms with E-state index in [0.717, 1.165) is 45.2 Å². The van der Waals surface area contributed by atoms with E-state index in [1.807, 2.05) is 17.0 Å². The molecule has 1 heterocycles. The molecule has 0 atom stereocenters. The van der Waals surface area contributed by atoms with Gasteiger partial charge in [-0.05, 0) is 57.1 Å². The Balaban J connectivity index is 1.50.